The summed E-state index contributed by atoms with van der Waals surface area (Å²) < 4.78 is 0. The summed E-state index contributed by atoms with van der Waals surface area (Å²) in [5, 5.41) is 0. The van der Waals surface area contributed by atoms with Crippen LogP contribution in [0.25, 0.3) is 0 Å². The molecule has 0 spiro atoms. The van der Waals surface area contributed by atoms with Crippen LogP contribution < -0.4 is 0 Å². The third kappa shape index (κ3) is 19.2. The molecule has 1 saturated heterocycles. The van der Waals surface area contributed by atoms with Crippen LogP contribution in [0.5, 0.6) is 0 Å². The maximum absolute atomic E-state index is 3.75. The van der Waals surface area contributed by atoms with Crippen LogP contribution in [0.2, 0.25) is 0 Å². The van der Waals surface area contributed by atoms with Crippen molar-refractivity contribution in [2.24, 2.45) is 5.92 Å². The van der Waals surface area contributed by atoms with Crippen LogP contribution in [0.1, 0.15) is 114 Å². The van der Waals surface area contributed by atoms with Gasteiger partial charge >= 0.3 is 0 Å². The Morgan fingerprint density at radius 3 is 1.62 bits per heavy atom. The second-order valence-corrected chi connectivity index (χ2v) is 9.43. The molecule has 2 nitrogen and oxygen atoms in total. The number of rotatable bonds is 8. The van der Waals surface area contributed by atoms with E-state index in [1.165, 1.54) is 55.6 Å². The molecule has 0 bridgehead atoms. The van der Waals surface area contributed by atoms with Crippen LogP contribution in [0.4, 0.5) is 0 Å². The summed E-state index contributed by atoms with van der Waals surface area (Å²) in [5.74, 6) is 0.657. The summed E-state index contributed by atoms with van der Waals surface area (Å²) >= 11 is 0. The second-order valence-electron chi connectivity index (χ2n) is 9.43. The van der Waals surface area contributed by atoms with Crippen molar-refractivity contribution in [1.82, 2.24) is 9.80 Å². The smallest absolute Gasteiger partial charge is 0.00386 e. The average Bonchev–Trinajstić information content (AvgIpc) is 3.38. The fourth-order valence-electron chi connectivity index (χ4n) is 3.45. The molecule has 0 aliphatic carbocycles. The zero-order valence-electron chi connectivity index (χ0n) is 25.8. The lowest BCUT2D eigenvalue weighted by molar-refractivity contribution is 0.236. The average molecular weight is 477 g/mol. The summed E-state index contributed by atoms with van der Waals surface area (Å²) in [6, 6.07) is 10.2. The van der Waals surface area contributed by atoms with E-state index in [1.807, 2.05) is 34.6 Å². The summed E-state index contributed by atoms with van der Waals surface area (Å²) in [4.78, 5) is 5.05. The first-order valence-electron chi connectivity index (χ1n) is 14.3. The van der Waals surface area contributed by atoms with Gasteiger partial charge in [0.25, 0.3) is 0 Å². The molecular weight excluding hydrogens is 412 g/mol. The molecule has 0 saturated carbocycles. The Kier molecular flexibility index (Phi) is 27.5. The van der Waals surface area contributed by atoms with Crippen molar-refractivity contribution in [2.45, 2.75) is 128 Å². The molecule has 0 N–H and O–H groups in total. The molecule has 2 heteroatoms. The Bertz CT molecular complexity index is 554. The van der Waals surface area contributed by atoms with E-state index in [4.69, 9.17) is 0 Å². The molecule has 34 heavy (non-hydrogen) atoms. The van der Waals surface area contributed by atoms with E-state index in [1.54, 1.807) is 0 Å². The molecule has 1 aliphatic rings. The highest BCUT2D eigenvalue weighted by Gasteiger charge is 2.13. The molecule has 2 rings (SSSR count). The molecule has 202 valence electrons. The van der Waals surface area contributed by atoms with Crippen molar-refractivity contribution in [3.8, 4) is 0 Å². The lowest BCUT2D eigenvalue weighted by Crippen LogP contribution is -2.32. The van der Waals surface area contributed by atoms with E-state index in [0.29, 0.717) is 12.0 Å². The van der Waals surface area contributed by atoms with E-state index in [2.05, 4.69) is 96.0 Å². The van der Waals surface area contributed by atoms with E-state index >= 15 is 0 Å². The van der Waals surface area contributed by atoms with Gasteiger partial charge in [0, 0.05) is 18.6 Å². The minimum Gasteiger partial charge on any atom is -0.301 e. The van der Waals surface area contributed by atoms with Crippen molar-refractivity contribution in [3.05, 3.63) is 47.5 Å². The van der Waals surface area contributed by atoms with Gasteiger partial charge in [-0.2, -0.15) is 0 Å². The van der Waals surface area contributed by atoms with Gasteiger partial charge in [0.15, 0.2) is 0 Å². The van der Waals surface area contributed by atoms with Gasteiger partial charge in [0.2, 0.25) is 0 Å². The van der Waals surface area contributed by atoms with E-state index < -0.39 is 0 Å². The molecule has 0 radical (unpaired) electrons. The zero-order valence-corrected chi connectivity index (χ0v) is 25.8. The third-order valence-corrected chi connectivity index (χ3v) is 6.16. The van der Waals surface area contributed by atoms with Gasteiger partial charge in [-0.05, 0) is 97.0 Å². The van der Waals surface area contributed by atoms with Crippen molar-refractivity contribution in [3.63, 3.8) is 0 Å². The Balaban J connectivity index is -0.000000446. The van der Waals surface area contributed by atoms with Gasteiger partial charge in [-0.3, -0.25) is 0 Å². The fraction of sp³-hybridized carbons (Fsp3) is 0.750. The van der Waals surface area contributed by atoms with Crippen LogP contribution in [-0.4, -0.2) is 48.1 Å². The number of benzene rings is 1. The van der Waals surface area contributed by atoms with Crippen molar-refractivity contribution < 1.29 is 0 Å². The topological polar surface area (TPSA) is 6.48 Å². The molecule has 0 atom stereocenters. The number of hydrogen-bond donors (Lipinski definition) is 0. The van der Waals surface area contributed by atoms with Crippen LogP contribution in [0.3, 0.4) is 0 Å². The van der Waals surface area contributed by atoms with Gasteiger partial charge in [-0.1, -0.05) is 91.8 Å². The van der Waals surface area contributed by atoms with Crippen molar-refractivity contribution in [1.29, 1.82) is 0 Å². The highest BCUT2D eigenvalue weighted by atomic mass is 15.2. The zero-order chi connectivity index (χ0) is 27.1. The summed E-state index contributed by atoms with van der Waals surface area (Å²) in [6.07, 6.45) is 5.15. The van der Waals surface area contributed by atoms with Crippen LogP contribution in [-0.2, 0) is 12.8 Å². The minimum atomic E-state index is 0.652. The lowest BCUT2D eigenvalue weighted by atomic mass is 10.0. The van der Waals surface area contributed by atoms with E-state index in [-0.39, 0.29) is 0 Å². The highest BCUT2D eigenvalue weighted by Crippen LogP contribution is 2.12. The van der Waals surface area contributed by atoms with E-state index in [9.17, 15) is 0 Å². The largest absolute Gasteiger partial charge is 0.301 e. The van der Waals surface area contributed by atoms with Crippen LogP contribution in [0.15, 0.2) is 36.4 Å². The highest BCUT2D eigenvalue weighted by molar-refractivity contribution is 5.27. The Hall–Kier alpha value is -1.12. The first-order chi connectivity index (χ1) is 16.1. The van der Waals surface area contributed by atoms with Gasteiger partial charge in [0.1, 0.15) is 0 Å². The first kappa shape index (κ1) is 37.4. The Morgan fingerprint density at radius 1 is 0.882 bits per heavy atom. The number of hydrogen-bond acceptors (Lipinski definition) is 2. The standard InChI is InChI=1S/C15H25N.C7H15N.C6H12.2C2H6/c1-5-14-9-7-8-10-15(14)11-12-16(6-2)13(3)4;1-7(2)8-5-3-4-6-8;1-5(2)6(3)4;2*1-2/h7-10,13H,5-6,11-12H2,1-4H3;7H,3-6H2,1-2H3;6H,1H2,2-4H3;2*1-2H3. The SMILES string of the molecule is C=C(C)C(C)C.CC.CC.CC(C)N1CCCC1.CCc1ccccc1CCN(CC)C(C)C. The first-order valence-corrected chi connectivity index (χ1v) is 14.3. The van der Waals surface area contributed by atoms with Crippen molar-refractivity contribution in [2.75, 3.05) is 26.2 Å². The molecule has 1 heterocycles. The van der Waals surface area contributed by atoms with Gasteiger partial charge in [-0.25, -0.2) is 0 Å². The normalized spacial score (nSPS) is 12.7. The molecule has 1 fully saturated rings. The lowest BCUT2D eigenvalue weighted by Gasteiger charge is -2.25. The summed E-state index contributed by atoms with van der Waals surface area (Å²) in [5.41, 5.74) is 4.28. The number of aryl methyl sites for hydroxylation is 1. The predicted octanol–water partition coefficient (Wildman–Crippen LogP) is 9.28. The van der Waals surface area contributed by atoms with E-state index in [0.717, 1.165) is 19.0 Å². The molecule has 0 aromatic heterocycles. The maximum atomic E-state index is 3.75. The fourth-order valence-corrected chi connectivity index (χ4v) is 3.45. The van der Waals surface area contributed by atoms with Crippen molar-refractivity contribution >= 4 is 0 Å². The van der Waals surface area contributed by atoms with Gasteiger partial charge < -0.3 is 9.80 Å². The molecule has 0 amide bonds. The molecule has 0 unspecified atom stereocenters. The predicted molar refractivity (Wildman–Crippen MR) is 160 cm³/mol. The molecular formula is C32H64N2. The number of nitrogens with zero attached hydrogens (tertiary/aromatic N) is 2. The number of likely N-dealkylation sites (N-methyl/N-ethyl adjacent to an activating group) is 1. The van der Waals surface area contributed by atoms with Crippen LogP contribution in [0, 0.1) is 5.92 Å². The van der Waals surface area contributed by atoms with Gasteiger partial charge in [0.05, 0.1) is 0 Å². The second kappa shape index (κ2) is 25.0. The van der Waals surface area contributed by atoms with Gasteiger partial charge in [-0.15, -0.1) is 0 Å². The molecule has 1 aromatic carbocycles. The minimum absolute atomic E-state index is 0.652. The third-order valence-electron chi connectivity index (χ3n) is 6.16. The number of likely N-dealkylation sites (tertiary alicyclic amines) is 1. The maximum Gasteiger partial charge on any atom is 0.00386 e. The molecule has 1 aliphatic heterocycles. The Morgan fingerprint density at radius 2 is 1.32 bits per heavy atom. The van der Waals surface area contributed by atoms with Crippen LogP contribution >= 0.6 is 0 Å². The summed E-state index contributed by atoms with van der Waals surface area (Å²) in [7, 11) is 0. The molecule has 1 aromatic rings. The quantitative estimate of drug-likeness (QED) is 0.345. The Labute approximate surface area is 217 Å². The number of allylic oxidation sites excluding steroid dienone is 1. The monoisotopic (exact) mass is 477 g/mol. The summed E-state index contributed by atoms with van der Waals surface area (Å²) in [6.45, 7) is 36.6.